The average molecular weight is 465 g/mol. The first-order chi connectivity index (χ1) is 15.9. The van der Waals surface area contributed by atoms with Crippen molar-refractivity contribution in [3.05, 3.63) is 89.0 Å². The van der Waals surface area contributed by atoms with E-state index in [1.54, 1.807) is 30.3 Å². The number of carbonyl (C=O) groups excluding carboxylic acids is 1. The van der Waals surface area contributed by atoms with Gasteiger partial charge in [0.25, 0.3) is 0 Å². The van der Waals surface area contributed by atoms with E-state index in [-0.39, 0.29) is 30.7 Å². The lowest BCUT2D eigenvalue weighted by Crippen LogP contribution is -2.52. The van der Waals surface area contributed by atoms with Crippen LogP contribution >= 0.6 is 0 Å². The fourth-order valence-corrected chi connectivity index (χ4v) is 5.74. The second-order valence-electron chi connectivity index (χ2n) is 8.26. The number of sulfonamides is 1. The highest BCUT2D eigenvalue weighted by molar-refractivity contribution is 7.89. The predicted octanol–water partition coefficient (Wildman–Crippen LogP) is 3.16. The molecule has 2 heterocycles. The van der Waals surface area contributed by atoms with Gasteiger partial charge < -0.3 is 14.8 Å². The van der Waals surface area contributed by atoms with Crippen LogP contribution in [0.25, 0.3) is 0 Å². The summed E-state index contributed by atoms with van der Waals surface area (Å²) in [5.74, 6) is 0.971. The Morgan fingerprint density at radius 3 is 2.52 bits per heavy atom. The molecular formula is C25H24N2O5S. The summed E-state index contributed by atoms with van der Waals surface area (Å²) in [6.07, 6.45) is 0.314. The number of nitrogens with zero attached hydrogens (tertiary/aromatic N) is 1. The van der Waals surface area contributed by atoms with E-state index in [4.69, 9.17) is 9.47 Å². The van der Waals surface area contributed by atoms with Gasteiger partial charge in [0.2, 0.25) is 22.7 Å². The first-order valence-electron chi connectivity index (χ1n) is 10.7. The molecule has 0 radical (unpaired) electrons. The van der Waals surface area contributed by atoms with Gasteiger partial charge in [0.15, 0.2) is 11.5 Å². The zero-order valence-corrected chi connectivity index (χ0v) is 19.0. The van der Waals surface area contributed by atoms with Crippen molar-refractivity contribution in [3.63, 3.8) is 0 Å². The highest BCUT2D eigenvalue weighted by Gasteiger charge is 2.39. The van der Waals surface area contributed by atoms with Crippen molar-refractivity contribution in [1.82, 2.24) is 9.62 Å². The van der Waals surface area contributed by atoms with Crippen LogP contribution < -0.4 is 14.8 Å². The topological polar surface area (TPSA) is 84.9 Å². The second-order valence-corrected chi connectivity index (χ2v) is 10.1. The van der Waals surface area contributed by atoms with Crippen molar-refractivity contribution < 1.29 is 22.7 Å². The Morgan fingerprint density at radius 1 is 1.00 bits per heavy atom. The molecule has 5 rings (SSSR count). The minimum absolute atomic E-state index is 0.147. The molecule has 7 nitrogen and oxygen atoms in total. The maximum absolute atomic E-state index is 13.5. The second kappa shape index (κ2) is 8.53. The Kier molecular flexibility index (Phi) is 5.55. The van der Waals surface area contributed by atoms with E-state index < -0.39 is 16.1 Å². The molecule has 8 heteroatoms. The number of hydrogen-bond donors (Lipinski definition) is 1. The zero-order valence-electron chi connectivity index (χ0n) is 18.2. The smallest absolute Gasteiger partial charge is 0.244 e. The van der Waals surface area contributed by atoms with Crippen LogP contribution in [0.15, 0.2) is 71.6 Å². The molecule has 1 atom stereocenters. The summed E-state index contributed by atoms with van der Waals surface area (Å²) in [5, 5.41) is 2.91. The van der Waals surface area contributed by atoms with E-state index in [0.717, 1.165) is 22.3 Å². The van der Waals surface area contributed by atoms with Crippen LogP contribution in [0.2, 0.25) is 0 Å². The molecule has 0 aliphatic carbocycles. The minimum Gasteiger partial charge on any atom is -0.454 e. The lowest BCUT2D eigenvalue weighted by molar-refractivity contribution is -0.125. The molecule has 0 saturated heterocycles. The largest absolute Gasteiger partial charge is 0.454 e. The first-order valence-corrected chi connectivity index (χ1v) is 12.2. The van der Waals surface area contributed by atoms with E-state index in [9.17, 15) is 13.2 Å². The van der Waals surface area contributed by atoms with E-state index in [0.29, 0.717) is 17.9 Å². The number of benzene rings is 3. The summed E-state index contributed by atoms with van der Waals surface area (Å²) in [5.41, 5.74) is 3.71. The van der Waals surface area contributed by atoms with Gasteiger partial charge in [0.1, 0.15) is 6.04 Å². The van der Waals surface area contributed by atoms with Gasteiger partial charge in [-0.25, -0.2) is 8.42 Å². The molecule has 3 aromatic carbocycles. The molecule has 1 amide bonds. The average Bonchev–Trinajstić information content (AvgIpc) is 3.30. The molecule has 0 unspecified atom stereocenters. The van der Waals surface area contributed by atoms with Crippen molar-refractivity contribution in [2.45, 2.75) is 37.4 Å². The molecule has 3 aromatic rings. The molecule has 0 fully saturated rings. The van der Waals surface area contributed by atoms with Gasteiger partial charge in [0.05, 0.1) is 4.90 Å². The molecular weight excluding hydrogens is 440 g/mol. The van der Waals surface area contributed by atoms with Crippen LogP contribution in [0.4, 0.5) is 0 Å². The molecule has 2 aliphatic rings. The predicted molar refractivity (Wildman–Crippen MR) is 122 cm³/mol. The quantitative estimate of drug-likeness (QED) is 0.627. The summed E-state index contributed by atoms with van der Waals surface area (Å²) in [4.78, 5) is 13.5. The number of nitrogens with one attached hydrogen (secondary N) is 1. The van der Waals surface area contributed by atoms with Crippen molar-refractivity contribution in [2.24, 2.45) is 0 Å². The summed E-state index contributed by atoms with van der Waals surface area (Å²) < 4.78 is 39.1. The van der Waals surface area contributed by atoms with E-state index in [1.165, 1.54) is 4.31 Å². The maximum atomic E-state index is 13.5. The summed E-state index contributed by atoms with van der Waals surface area (Å²) >= 11 is 0. The number of ether oxygens (including phenoxy) is 2. The zero-order chi connectivity index (χ0) is 23.0. The van der Waals surface area contributed by atoms with Crippen LogP contribution in [0.5, 0.6) is 11.5 Å². The van der Waals surface area contributed by atoms with Crippen molar-refractivity contribution in [2.75, 3.05) is 6.79 Å². The fourth-order valence-electron chi connectivity index (χ4n) is 4.18. The van der Waals surface area contributed by atoms with Gasteiger partial charge in [-0.05, 0) is 54.3 Å². The van der Waals surface area contributed by atoms with Gasteiger partial charge in [-0.2, -0.15) is 4.31 Å². The van der Waals surface area contributed by atoms with E-state index in [1.807, 2.05) is 43.3 Å². The number of fused-ring (bicyclic) bond motifs is 2. The third kappa shape index (κ3) is 4.19. The summed E-state index contributed by atoms with van der Waals surface area (Å²) in [6.45, 7) is 2.49. The molecule has 170 valence electrons. The third-order valence-corrected chi connectivity index (χ3v) is 7.91. The fraction of sp³-hybridized carbons (Fsp3) is 0.240. The number of carbonyl (C=O) groups is 1. The van der Waals surface area contributed by atoms with Gasteiger partial charge in [-0.1, -0.05) is 48.0 Å². The van der Waals surface area contributed by atoms with Gasteiger partial charge >= 0.3 is 0 Å². The molecule has 33 heavy (non-hydrogen) atoms. The number of amides is 1. The standard InChI is InChI=1S/C25H24N2O5S/c1-17-6-9-21(10-7-17)33(29,30)27-15-20-5-3-2-4-19(20)13-22(27)25(28)26-14-18-8-11-23-24(12-18)32-16-31-23/h2-12,22H,13-16H2,1H3,(H,26,28)/t22-/m0/s1. The molecule has 1 N–H and O–H groups in total. The number of aryl methyl sites for hydroxylation is 1. The SMILES string of the molecule is Cc1ccc(S(=O)(=O)N2Cc3ccccc3C[C@H]2C(=O)NCc2ccc3c(c2)OCO3)cc1. The molecule has 0 spiro atoms. The summed E-state index contributed by atoms with van der Waals surface area (Å²) in [6, 6.07) is 19.0. The van der Waals surface area contributed by atoms with Gasteiger partial charge in [-0.3, -0.25) is 4.79 Å². The van der Waals surface area contributed by atoms with Crippen LogP contribution in [0.3, 0.4) is 0 Å². The number of rotatable bonds is 5. The maximum Gasteiger partial charge on any atom is 0.244 e. The van der Waals surface area contributed by atoms with E-state index >= 15 is 0 Å². The van der Waals surface area contributed by atoms with Crippen molar-refractivity contribution in [1.29, 1.82) is 0 Å². The Balaban J connectivity index is 1.41. The first kappa shape index (κ1) is 21.5. The monoisotopic (exact) mass is 464 g/mol. The Hall–Kier alpha value is -3.36. The molecule has 0 saturated carbocycles. The lowest BCUT2D eigenvalue weighted by atomic mass is 9.95. The molecule has 0 aromatic heterocycles. The minimum atomic E-state index is -3.87. The molecule has 2 aliphatic heterocycles. The highest BCUT2D eigenvalue weighted by atomic mass is 32.2. The van der Waals surface area contributed by atoms with Crippen molar-refractivity contribution >= 4 is 15.9 Å². The normalized spacial score (nSPS) is 17.4. The van der Waals surface area contributed by atoms with E-state index in [2.05, 4.69) is 5.32 Å². The van der Waals surface area contributed by atoms with Crippen LogP contribution in [0, 0.1) is 6.92 Å². The van der Waals surface area contributed by atoms with Crippen LogP contribution in [0.1, 0.15) is 22.3 Å². The highest BCUT2D eigenvalue weighted by Crippen LogP contribution is 2.33. The van der Waals surface area contributed by atoms with Gasteiger partial charge in [0, 0.05) is 13.1 Å². The number of hydrogen-bond acceptors (Lipinski definition) is 5. The summed E-state index contributed by atoms with van der Waals surface area (Å²) in [7, 11) is -3.87. The Bertz CT molecular complexity index is 1300. The molecule has 0 bridgehead atoms. The lowest BCUT2D eigenvalue weighted by Gasteiger charge is -2.35. The third-order valence-electron chi connectivity index (χ3n) is 6.04. The van der Waals surface area contributed by atoms with Crippen LogP contribution in [-0.4, -0.2) is 31.5 Å². The van der Waals surface area contributed by atoms with Gasteiger partial charge in [-0.15, -0.1) is 0 Å². The Labute approximate surface area is 193 Å². The Morgan fingerprint density at radius 2 is 1.73 bits per heavy atom. The van der Waals surface area contributed by atoms with Crippen molar-refractivity contribution in [3.8, 4) is 11.5 Å². The van der Waals surface area contributed by atoms with Crippen LogP contribution in [-0.2, 0) is 34.3 Å².